The Morgan fingerprint density at radius 2 is 1.14 bits per heavy atom. The van der Waals surface area contributed by atoms with E-state index in [4.69, 9.17) is 0 Å². The zero-order chi connectivity index (χ0) is 24.4. The number of quaternary nitrogens is 1. The van der Waals surface area contributed by atoms with Gasteiger partial charge in [0.2, 0.25) is 0 Å². The fourth-order valence-electron chi connectivity index (χ4n) is 7.65. The van der Waals surface area contributed by atoms with E-state index >= 15 is 0 Å². The van der Waals surface area contributed by atoms with Crippen LogP contribution in [0.1, 0.15) is 56.6 Å². The van der Waals surface area contributed by atoms with E-state index in [0.717, 1.165) is 0 Å². The summed E-state index contributed by atoms with van der Waals surface area (Å²) in [6, 6.07) is 18.8. The lowest BCUT2D eigenvalue weighted by molar-refractivity contribution is -0.954. The first kappa shape index (κ1) is 27.3. The van der Waals surface area contributed by atoms with Crippen molar-refractivity contribution >= 4 is 0 Å². The molecule has 3 unspecified atom stereocenters. The second kappa shape index (κ2) is 12.3. The van der Waals surface area contributed by atoms with Crippen LogP contribution in [-0.4, -0.2) is 90.4 Å². The Morgan fingerprint density at radius 1 is 0.622 bits per heavy atom. The molecule has 4 fully saturated rings. The number of rotatable bonds is 11. The Balaban J connectivity index is 0.00000280. The molecule has 0 N–H and O–H groups in total. The van der Waals surface area contributed by atoms with E-state index in [2.05, 4.69) is 70.2 Å². The highest BCUT2D eigenvalue weighted by molar-refractivity contribution is 5.64. The highest BCUT2D eigenvalue weighted by Gasteiger charge is 2.59. The summed E-state index contributed by atoms with van der Waals surface area (Å²) in [5.74, 6) is 0. The Kier molecular flexibility index (Phi) is 9.08. The number of aryl methyl sites for hydroxylation is 1. The maximum absolute atomic E-state index is 2.83. The van der Waals surface area contributed by atoms with E-state index < -0.39 is 0 Å². The summed E-state index contributed by atoms with van der Waals surface area (Å²) < 4.78 is 1.33. The molecule has 2 aromatic rings. The Bertz CT molecular complexity index is 987. The van der Waals surface area contributed by atoms with Crippen LogP contribution in [-0.2, 0) is 12.8 Å². The third-order valence-electron chi connectivity index (χ3n) is 9.87. The summed E-state index contributed by atoms with van der Waals surface area (Å²) in [5.41, 5.74) is 5.70. The third kappa shape index (κ3) is 5.72. The minimum atomic E-state index is 0. The van der Waals surface area contributed by atoms with Gasteiger partial charge in [-0.15, -0.1) is 0 Å². The van der Waals surface area contributed by atoms with Crippen molar-refractivity contribution in [2.75, 3.05) is 58.9 Å². The molecule has 5 heteroatoms. The number of piperazine rings is 2. The van der Waals surface area contributed by atoms with Crippen LogP contribution >= 0.6 is 0 Å². The van der Waals surface area contributed by atoms with Crippen LogP contribution in [0.15, 0.2) is 48.5 Å². The van der Waals surface area contributed by atoms with Crippen LogP contribution in [0.3, 0.4) is 0 Å². The number of nitrogens with zero attached hydrogens (tertiary/aromatic N) is 4. The first-order chi connectivity index (χ1) is 17.8. The van der Waals surface area contributed by atoms with Crippen molar-refractivity contribution in [3.05, 3.63) is 59.7 Å². The molecule has 4 heterocycles. The van der Waals surface area contributed by atoms with Crippen LogP contribution in [0.2, 0.25) is 0 Å². The monoisotopic (exact) mass is 566 g/mol. The number of unbranched alkanes of at least 4 members (excludes halogenated alkanes) is 5. The molecule has 0 saturated carbocycles. The van der Waals surface area contributed by atoms with Crippen LogP contribution < -0.4 is 17.0 Å². The molecule has 6 rings (SSSR count). The molecular formula is C32H47BrN4. The predicted molar refractivity (Wildman–Crippen MR) is 150 cm³/mol. The molecule has 3 atom stereocenters. The lowest BCUT2D eigenvalue weighted by Crippen LogP contribution is -3.00. The summed E-state index contributed by atoms with van der Waals surface area (Å²) >= 11 is 0. The second-order valence-electron chi connectivity index (χ2n) is 12.0. The molecule has 4 nitrogen and oxygen atoms in total. The van der Waals surface area contributed by atoms with Gasteiger partial charge in [0.15, 0.2) is 6.17 Å². The molecule has 37 heavy (non-hydrogen) atoms. The minimum absolute atomic E-state index is 0. The number of halogens is 1. The van der Waals surface area contributed by atoms with Gasteiger partial charge in [-0.05, 0) is 35.1 Å². The second-order valence-corrected chi connectivity index (χ2v) is 12.0. The van der Waals surface area contributed by atoms with Gasteiger partial charge < -0.3 is 21.5 Å². The maximum Gasteiger partial charge on any atom is 0.175 e. The van der Waals surface area contributed by atoms with Crippen LogP contribution in [0.5, 0.6) is 0 Å². The summed E-state index contributed by atoms with van der Waals surface area (Å²) in [6.45, 7) is 14.0. The van der Waals surface area contributed by atoms with E-state index in [0.29, 0.717) is 12.3 Å². The smallest absolute Gasteiger partial charge is 0.175 e. The third-order valence-corrected chi connectivity index (χ3v) is 9.87. The van der Waals surface area contributed by atoms with Gasteiger partial charge in [-0.1, -0.05) is 87.6 Å². The number of benzene rings is 2. The highest BCUT2D eigenvalue weighted by atomic mass is 79.9. The molecule has 0 aliphatic carbocycles. The fraction of sp³-hybridized carbons (Fsp3) is 0.625. The van der Waals surface area contributed by atoms with E-state index in [1.807, 2.05) is 0 Å². The zero-order valence-corrected chi connectivity index (χ0v) is 24.5. The quantitative estimate of drug-likeness (QED) is 0.305. The predicted octanol–water partition coefficient (Wildman–Crippen LogP) is 2.23. The Labute approximate surface area is 236 Å². The minimum Gasteiger partial charge on any atom is -1.00 e. The molecule has 0 amide bonds. The van der Waals surface area contributed by atoms with Crippen LogP contribution in [0.4, 0.5) is 0 Å². The van der Waals surface area contributed by atoms with Gasteiger partial charge in [0.25, 0.3) is 0 Å². The van der Waals surface area contributed by atoms with E-state index in [9.17, 15) is 0 Å². The summed E-state index contributed by atoms with van der Waals surface area (Å²) in [6.07, 6.45) is 12.0. The standard InChI is InChI=1S/C32H47N4.BrH/c1-2-3-4-5-6-7-8-27-9-13-29(14-10-27)30-15-11-28(12-16-30)17-24-36-25-22-34-19-18-33-20-21-35(23-26-36)32(36)31(33)34;/h9-16,31-32H,2-8,17-26H2,1H3;1H/q+1;/p-1. The van der Waals surface area contributed by atoms with Crippen molar-refractivity contribution in [2.45, 2.75) is 70.6 Å². The van der Waals surface area contributed by atoms with Crippen molar-refractivity contribution in [1.29, 1.82) is 0 Å². The lowest BCUT2D eigenvalue weighted by Gasteiger charge is -2.54. The van der Waals surface area contributed by atoms with Gasteiger partial charge in [-0.2, -0.15) is 0 Å². The summed E-state index contributed by atoms with van der Waals surface area (Å²) in [7, 11) is 0. The molecule has 0 aromatic heterocycles. The molecule has 0 radical (unpaired) electrons. The van der Waals surface area contributed by atoms with Crippen molar-refractivity contribution in [3.8, 4) is 11.1 Å². The molecular weight excluding hydrogens is 520 g/mol. The van der Waals surface area contributed by atoms with Gasteiger partial charge in [0.05, 0.1) is 26.2 Å². The molecule has 4 saturated heterocycles. The SMILES string of the molecule is CCCCCCCCc1ccc(-c2ccc(CC[N+]34CCN5CCN6CCN(CC3)C4C65)cc2)cc1.[Br-]. The molecule has 0 bridgehead atoms. The zero-order valence-electron chi connectivity index (χ0n) is 23.0. The van der Waals surface area contributed by atoms with Crippen molar-refractivity contribution < 1.29 is 21.5 Å². The Hall–Kier alpha value is -1.24. The normalized spacial score (nSPS) is 27.3. The largest absolute Gasteiger partial charge is 1.00 e. The van der Waals surface area contributed by atoms with E-state index in [1.54, 1.807) is 0 Å². The van der Waals surface area contributed by atoms with Crippen molar-refractivity contribution in [3.63, 3.8) is 0 Å². The van der Waals surface area contributed by atoms with Gasteiger partial charge in [-0.25, -0.2) is 4.90 Å². The molecule has 4 aliphatic rings. The molecule has 4 aliphatic heterocycles. The van der Waals surface area contributed by atoms with Gasteiger partial charge in [0.1, 0.15) is 6.17 Å². The summed E-state index contributed by atoms with van der Waals surface area (Å²) in [5, 5.41) is 0. The average molecular weight is 568 g/mol. The van der Waals surface area contributed by atoms with Crippen LogP contribution in [0.25, 0.3) is 11.1 Å². The Morgan fingerprint density at radius 3 is 1.78 bits per heavy atom. The van der Waals surface area contributed by atoms with E-state index in [-0.39, 0.29) is 17.0 Å². The van der Waals surface area contributed by atoms with Gasteiger partial charge >= 0.3 is 0 Å². The molecule has 0 spiro atoms. The molecule has 2 aromatic carbocycles. The maximum atomic E-state index is 2.83. The van der Waals surface area contributed by atoms with E-state index in [1.165, 1.54) is 137 Å². The first-order valence-electron chi connectivity index (χ1n) is 15.0. The van der Waals surface area contributed by atoms with Crippen molar-refractivity contribution in [1.82, 2.24) is 14.7 Å². The van der Waals surface area contributed by atoms with Crippen molar-refractivity contribution in [2.24, 2.45) is 0 Å². The van der Waals surface area contributed by atoms with Crippen LogP contribution in [0, 0.1) is 0 Å². The topological polar surface area (TPSA) is 9.72 Å². The highest BCUT2D eigenvalue weighted by Crippen LogP contribution is 2.39. The van der Waals surface area contributed by atoms with Gasteiger partial charge in [-0.3, -0.25) is 9.80 Å². The fourth-order valence-corrected chi connectivity index (χ4v) is 7.65. The summed E-state index contributed by atoms with van der Waals surface area (Å²) in [4.78, 5) is 8.40. The average Bonchev–Trinajstić information content (AvgIpc) is 3.51. The number of hydrogen-bond acceptors (Lipinski definition) is 3. The van der Waals surface area contributed by atoms with Gasteiger partial charge in [0, 0.05) is 39.1 Å². The number of hydrogen-bond donors (Lipinski definition) is 0. The first-order valence-corrected chi connectivity index (χ1v) is 15.0. The molecule has 202 valence electrons. The lowest BCUT2D eigenvalue weighted by atomic mass is 9.99.